The van der Waals surface area contributed by atoms with Crippen molar-refractivity contribution in [2.75, 3.05) is 13.1 Å². The number of nitrogens with one attached hydrogen (secondary N) is 1. The summed E-state index contributed by atoms with van der Waals surface area (Å²) in [7, 11) is 0. The summed E-state index contributed by atoms with van der Waals surface area (Å²) in [5.41, 5.74) is 2.68. The highest BCUT2D eigenvalue weighted by atomic mass is 35.5. The second-order valence-corrected chi connectivity index (χ2v) is 6.55. The summed E-state index contributed by atoms with van der Waals surface area (Å²) in [6, 6.07) is 12.4. The summed E-state index contributed by atoms with van der Waals surface area (Å²) in [4.78, 5) is 14.9. The van der Waals surface area contributed by atoms with Crippen molar-refractivity contribution in [3.63, 3.8) is 0 Å². The molecule has 0 aliphatic rings. The Morgan fingerprint density at radius 1 is 1.14 bits per heavy atom. The standard InChI is InChI=1S/C17H14ClN3O2.C4H11N/c1-12-19-8-9-20(12)17-7-6-15(21(22)23)11-14(17)10-13-4-2-3-5-16(13)18;1-3-5-4-2/h2-9,11H,10H2,1H3;5H,3-4H2,1-2H3. The van der Waals surface area contributed by atoms with Gasteiger partial charge in [0.1, 0.15) is 5.82 Å². The van der Waals surface area contributed by atoms with E-state index in [-0.39, 0.29) is 10.6 Å². The second kappa shape index (κ2) is 10.6. The fourth-order valence-corrected chi connectivity index (χ4v) is 2.99. The van der Waals surface area contributed by atoms with Gasteiger partial charge in [-0.1, -0.05) is 43.6 Å². The van der Waals surface area contributed by atoms with Crippen LogP contribution in [0.3, 0.4) is 0 Å². The lowest BCUT2D eigenvalue weighted by Crippen LogP contribution is -2.09. The van der Waals surface area contributed by atoms with Crippen LogP contribution in [-0.4, -0.2) is 27.6 Å². The third kappa shape index (κ3) is 5.65. The molecule has 0 amide bonds. The Morgan fingerprint density at radius 2 is 1.86 bits per heavy atom. The maximum absolute atomic E-state index is 11.1. The van der Waals surface area contributed by atoms with Gasteiger partial charge in [-0.3, -0.25) is 10.1 Å². The Kier molecular flexibility index (Phi) is 8.17. The molecule has 1 N–H and O–H groups in total. The van der Waals surface area contributed by atoms with E-state index in [1.807, 2.05) is 42.0 Å². The van der Waals surface area contributed by atoms with E-state index >= 15 is 0 Å². The predicted molar refractivity (Wildman–Crippen MR) is 113 cm³/mol. The van der Waals surface area contributed by atoms with Crippen molar-refractivity contribution in [3.05, 3.63) is 86.9 Å². The zero-order chi connectivity index (χ0) is 20.5. The van der Waals surface area contributed by atoms with Crippen LogP contribution in [0, 0.1) is 17.0 Å². The van der Waals surface area contributed by atoms with Gasteiger partial charge in [-0.25, -0.2) is 4.98 Å². The van der Waals surface area contributed by atoms with Crippen LogP contribution in [0.5, 0.6) is 0 Å². The van der Waals surface area contributed by atoms with Gasteiger partial charge >= 0.3 is 0 Å². The van der Waals surface area contributed by atoms with Crippen LogP contribution in [0.25, 0.3) is 5.69 Å². The SMILES string of the molecule is CCNCC.Cc1nccn1-c1ccc([N+](=O)[O-])cc1Cc1ccccc1Cl. The maximum atomic E-state index is 11.1. The van der Waals surface area contributed by atoms with Gasteiger partial charge in [0.2, 0.25) is 0 Å². The number of hydrogen-bond acceptors (Lipinski definition) is 4. The molecule has 0 atom stereocenters. The van der Waals surface area contributed by atoms with Gasteiger partial charge in [0, 0.05) is 36.0 Å². The molecular formula is C21H25ClN4O2. The van der Waals surface area contributed by atoms with E-state index in [9.17, 15) is 10.1 Å². The van der Waals surface area contributed by atoms with E-state index in [2.05, 4.69) is 24.1 Å². The van der Waals surface area contributed by atoms with Gasteiger partial charge in [0.15, 0.2) is 0 Å². The van der Waals surface area contributed by atoms with E-state index in [0.717, 1.165) is 35.7 Å². The molecule has 6 nitrogen and oxygen atoms in total. The minimum Gasteiger partial charge on any atom is -0.317 e. The van der Waals surface area contributed by atoms with E-state index in [1.165, 1.54) is 6.07 Å². The van der Waals surface area contributed by atoms with E-state index in [0.29, 0.717) is 11.4 Å². The van der Waals surface area contributed by atoms with Crippen molar-refractivity contribution in [2.24, 2.45) is 0 Å². The molecule has 1 heterocycles. The average molecular weight is 401 g/mol. The first-order chi connectivity index (χ1) is 13.5. The third-order valence-corrected chi connectivity index (χ3v) is 4.57. The fourth-order valence-electron chi connectivity index (χ4n) is 2.79. The van der Waals surface area contributed by atoms with Crippen LogP contribution in [0.1, 0.15) is 30.8 Å². The number of benzene rings is 2. The minimum absolute atomic E-state index is 0.0635. The molecule has 0 spiro atoms. The van der Waals surface area contributed by atoms with Crippen LogP contribution in [0.15, 0.2) is 54.9 Å². The molecule has 0 aliphatic heterocycles. The molecule has 0 saturated heterocycles. The Hall–Kier alpha value is -2.70. The minimum atomic E-state index is -0.388. The molecule has 0 aliphatic carbocycles. The smallest absolute Gasteiger partial charge is 0.269 e. The fraction of sp³-hybridized carbons (Fsp3) is 0.286. The number of non-ortho nitro benzene ring substituents is 1. The van der Waals surface area contributed by atoms with E-state index < -0.39 is 0 Å². The summed E-state index contributed by atoms with van der Waals surface area (Å²) in [5.74, 6) is 0.819. The lowest BCUT2D eigenvalue weighted by Gasteiger charge is -2.13. The molecule has 0 bridgehead atoms. The first-order valence-electron chi connectivity index (χ1n) is 9.19. The molecule has 2 aromatic carbocycles. The number of aryl methyl sites for hydroxylation is 1. The molecule has 28 heavy (non-hydrogen) atoms. The number of halogens is 1. The number of hydrogen-bond donors (Lipinski definition) is 1. The van der Waals surface area contributed by atoms with Crippen LogP contribution in [0.2, 0.25) is 5.02 Å². The van der Waals surface area contributed by atoms with E-state index in [4.69, 9.17) is 11.6 Å². The van der Waals surface area contributed by atoms with Crippen LogP contribution < -0.4 is 5.32 Å². The van der Waals surface area contributed by atoms with Crippen molar-refractivity contribution in [1.29, 1.82) is 0 Å². The van der Waals surface area contributed by atoms with Crippen molar-refractivity contribution >= 4 is 17.3 Å². The van der Waals surface area contributed by atoms with Crippen molar-refractivity contribution in [3.8, 4) is 5.69 Å². The Labute approximate surface area is 170 Å². The first kappa shape index (κ1) is 21.6. The third-order valence-electron chi connectivity index (χ3n) is 4.20. The Morgan fingerprint density at radius 3 is 2.39 bits per heavy atom. The number of imidazole rings is 1. The topological polar surface area (TPSA) is 73.0 Å². The summed E-state index contributed by atoms with van der Waals surface area (Å²) in [5, 5.41) is 14.9. The molecule has 0 saturated carbocycles. The summed E-state index contributed by atoms with van der Waals surface area (Å²) in [6.07, 6.45) is 4.05. The number of aromatic nitrogens is 2. The molecule has 0 fully saturated rings. The average Bonchev–Trinajstić information content (AvgIpc) is 3.10. The first-order valence-corrected chi connectivity index (χ1v) is 9.57. The molecule has 0 radical (unpaired) electrons. The zero-order valence-corrected chi connectivity index (χ0v) is 17.1. The number of nitro benzene ring substituents is 1. The molecule has 1 aromatic heterocycles. The molecule has 3 aromatic rings. The lowest BCUT2D eigenvalue weighted by atomic mass is 10.0. The monoisotopic (exact) mass is 400 g/mol. The summed E-state index contributed by atoms with van der Waals surface area (Å²) < 4.78 is 1.91. The van der Waals surface area contributed by atoms with Gasteiger partial charge in [-0.05, 0) is 43.3 Å². The highest BCUT2D eigenvalue weighted by Crippen LogP contribution is 2.27. The highest BCUT2D eigenvalue weighted by molar-refractivity contribution is 6.31. The molecule has 3 rings (SSSR count). The van der Waals surface area contributed by atoms with Gasteiger partial charge in [-0.2, -0.15) is 0 Å². The van der Waals surface area contributed by atoms with Crippen molar-refractivity contribution in [2.45, 2.75) is 27.2 Å². The van der Waals surface area contributed by atoms with Crippen LogP contribution >= 0.6 is 11.6 Å². The van der Waals surface area contributed by atoms with Crippen molar-refractivity contribution < 1.29 is 4.92 Å². The van der Waals surface area contributed by atoms with Gasteiger partial charge < -0.3 is 9.88 Å². The molecule has 148 valence electrons. The van der Waals surface area contributed by atoms with Gasteiger partial charge in [0.25, 0.3) is 5.69 Å². The molecule has 7 heteroatoms. The maximum Gasteiger partial charge on any atom is 0.269 e. The van der Waals surface area contributed by atoms with Gasteiger partial charge in [-0.15, -0.1) is 0 Å². The number of rotatable bonds is 6. The Bertz CT molecular complexity index is 922. The molecule has 0 unspecified atom stereocenters. The van der Waals surface area contributed by atoms with Gasteiger partial charge in [0.05, 0.1) is 10.6 Å². The Balaban J connectivity index is 0.000000500. The number of nitrogens with zero attached hydrogens (tertiary/aromatic N) is 3. The summed E-state index contributed by atoms with van der Waals surface area (Å²) in [6.45, 7) is 8.28. The lowest BCUT2D eigenvalue weighted by molar-refractivity contribution is -0.384. The van der Waals surface area contributed by atoms with E-state index in [1.54, 1.807) is 18.3 Å². The normalized spacial score (nSPS) is 10.3. The highest BCUT2D eigenvalue weighted by Gasteiger charge is 2.14. The van der Waals surface area contributed by atoms with Crippen LogP contribution in [0.4, 0.5) is 5.69 Å². The summed E-state index contributed by atoms with van der Waals surface area (Å²) >= 11 is 6.23. The number of nitro groups is 1. The molecular weight excluding hydrogens is 376 g/mol. The van der Waals surface area contributed by atoms with Crippen LogP contribution in [-0.2, 0) is 6.42 Å². The second-order valence-electron chi connectivity index (χ2n) is 6.14. The largest absolute Gasteiger partial charge is 0.317 e. The zero-order valence-electron chi connectivity index (χ0n) is 16.4. The quantitative estimate of drug-likeness (QED) is 0.469. The van der Waals surface area contributed by atoms with Crippen molar-refractivity contribution in [1.82, 2.24) is 14.9 Å². The predicted octanol–water partition coefficient (Wildman–Crippen LogP) is 4.95.